The lowest BCUT2D eigenvalue weighted by Gasteiger charge is -2.07. The number of carbonyl (C=O) groups excluding carboxylic acids is 1. The molecule has 3 nitrogen and oxygen atoms in total. The fraction of sp³-hybridized carbons (Fsp3) is 0.400. The lowest BCUT2D eigenvalue weighted by molar-refractivity contribution is -0.127. The van der Waals surface area contributed by atoms with E-state index in [1.165, 1.54) is 6.20 Å². The van der Waals surface area contributed by atoms with E-state index in [0.29, 0.717) is 5.69 Å². The Morgan fingerprint density at radius 3 is 2.69 bits per heavy atom. The van der Waals surface area contributed by atoms with Crippen LogP contribution in [0.2, 0.25) is 0 Å². The zero-order chi connectivity index (χ0) is 12.0. The minimum Gasteiger partial charge on any atom is -0.302 e. The Bertz CT molecular complexity index is 338. The third kappa shape index (κ3) is 5.45. The normalized spacial score (nSPS) is 11.4. The van der Waals surface area contributed by atoms with Crippen LogP contribution in [0.25, 0.3) is 0 Å². The van der Waals surface area contributed by atoms with Crippen molar-refractivity contribution >= 4 is 5.78 Å². The Hall–Kier alpha value is -1.43. The first-order valence-corrected chi connectivity index (χ1v) is 4.66. The molecule has 1 aromatic heterocycles. The first-order chi connectivity index (χ1) is 7.47. The van der Waals surface area contributed by atoms with Crippen molar-refractivity contribution in [2.45, 2.75) is 12.6 Å². The van der Waals surface area contributed by atoms with Gasteiger partial charge in [-0.3, -0.25) is 9.78 Å². The predicted molar refractivity (Wildman–Crippen MR) is 51.9 cm³/mol. The molecule has 0 spiro atoms. The van der Waals surface area contributed by atoms with Crippen LogP contribution in [-0.2, 0) is 11.2 Å². The summed E-state index contributed by atoms with van der Waals surface area (Å²) in [5.41, 5.74) is 0.557. The number of nitrogens with one attached hydrogen (secondary N) is 1. The van der Waals surface area contributed by atoms with Gasteiger partial charge in [0.1, 0.15) is 0 Å². The monoisotopic (exact) mass is 232 g/mol. The molecule has 0 aliphatic rings. The molecule has 0 unspecified atom stereocenters. The van der Waals surface area contributed by atoms with Crippen LogP contribution >= 0.6 is 0 Å². The molecule has 0 saturated heterocycles. The van der Waals surface area contributed by atoms with Crippen molar-refractivity contribution < 1.29 is 18.0 Å². The van der Waals surface area contributed by atoms with Gasteiger partial charge in [-0.25, -0.2) is 0 Å². The smallest absolute Gasteiger partial charge is 0.302 e. The SMILES string of the molecule is O=C(CNCC(F)(F)F)Cc1ccccn1. The highest BCUT2D eigenvalue weighted by Gasteiger charge is 2.26. The number of alkyl halides is 3. The molecule has 0 bridgehead atoms. The molecule has 0 fully saturated rings. The minimum absolute atomic E-state index is 0.0473. The summed E-state index contributed by atoms with van der Waals surface area (Å²) < 4.78 is 35.2. The zero-order valence-corrected chi connectivity index (χ0v) is 8.42. The topological polar surface area (TPSA) is 42.0 Å². The second-order valence-electron chi connectivity index (χ2n) is 3.26. The number of Topliss-reactive ketones (excluding diaryl/α,β-unsaturated/α-hetero) is 1. The molecule has 1 rings (SSSR count). The predicted octanol–water partition coefficient (Wildman–Crippen LogP) is 1.35. The number of nitrogens with zero attached hydrogens (tertiary/aromatic N) is 1. The molecule has 1 aromatic rings. The molecule has 0 aromatic carbocycles. The van der Waals surface area contributed by atoms with Gasteiger partial charge in [0.15, 0.2) is 5.78 Å². The quantitative estimate of drug-likeness (QED) is 0.833. The lowest BCUT2D eigenvalue weighted by atomic mass is 10.2. The molecule has 0 amide bonds. The summed E-state index contributed by atoms with van der Waals surface area (Å²) in [4.78, 5) is 15.1. The molecule has 0 radical (unpaired) electrons. The lowest BCUT2D eigenvalue weighted by Crippen LogP contribution is -2.33. The number of halogens is 3. The van der Waals surface area contributed by atoms with Crippen LogP contribution < -0.4 is 5.32 Å². The highest BCUT2D eigenvalue weighted by molar-refractivity contribution is 5.82. The highest BCUT2D eigenvalue weighted by Crippen LogP contribution is 2.11. The van der Waals surface area contributed by atoms with Gasteiger partial charge in [0.05, 0.1) is 19.5 Å². The zero-order valence-electron chi connectivity index (χ0n) is 8.42. The summed E-state index contributed by atoms with van der Waals surface area (Å²) in [7, 11) is 0. The van der Waals surface area contributed by atoms with Gasteiger partial charge in [-0.05, 0) is 12.1 Å². The molecule has 0 aliphatic carbocycles. The largest absolute Gasteiger partial charge is 0.401 e. The van der Waals surface area contributed by atoms with E-state index in [1.54, 1.807) is 18.2 Å². The van der Waals surface area contributed by atoms with E-state index in [2.05, 4.69) is 4.98 Å². The van der Waals surface area contributed by atoms with Crippen LogP contribution in [0, 0.1) is 0 Å². The van der Waals surface area contributed by atoms with Gasteiger partial charge in [0.25, 0.3) is 0 Å². The highest BCUT2D eigenvalue weighted by atomic mass is 19.4. The van der Waals surface area contributed by atoms with Gasteiger partial charge in [-0.2, -0.15) is 13.2 Å². The fourth-order valence-corrected chi connectivity index (χ4v) is 1.11. The summed E-state index contributed by atoms with van der Waals surface area (Å²) >= 11 is 0. The standard InChI is InChI=1S/C10H11F3N2O/c11-10(12,13)7-14-6-9(16)5-8-3-1-2-4-15-8/h1-4,14H,5-7H2. The summed E-state index contributed by atoms with van der Waals surface area (Å²) in [6, 6.07) is 5.08. The van der Waals surface area contributed by atoms with Crippen molar-refractivity contribution in [1.82, 2.24) is 10.3 Å². The van der Waals surface area contributed by atoms with Crippen molar-refractivity contribution in [2.75, 3.05) is 13.1 Å². The van der Waals surface area contributed by atoms with Crippen molar-refractivity contribution in [3.8, 4) is 0 Å². The van der Waals surface area contributed by atoms with Gasteiger partial charge >= 0.3 is 6.18 Å². The third-order valence-electron chi connectivity index (χ3n) is 1.75. The Balaban J connectivity index is 2.27. The maximum Gasteiger partial charge on any atom is 0.401 e. The van der Waals surface area contributed by atoms with Gasteiger partial charge in [-0.15, -0.1) is 0 Å². The molecule has 16 heavy (non-hydrogen) atoms. The number of rotatable bonds is 5. The molecular formula is C10H11F3N2O. The van der Waals surface area contributed by atoms with Crippen LogP contribution in [0.5, 0.6) is 0 Å². The molecule has 0 atom stereocenters. The van der Waals surface area contributed by atoms with Gasteiger partial charge in [0.2, 0.25) is 0 Å². The van der Waals surface area contributed by atoms with E-state index in [9.17, 15) is 18.0 Å². The first kappa shape index (κ1) is 12.6. The van der Waals surface area contributed by atoms with Crippen molar-refractivity contribution in [1.29, 1.82) is 0 Å². The number of pyridine rings is 1. The number of carbonyl (C=O) groups is 1. The molecule has 0 aliphatic heterocycles. The molecule has 88 valence electrons. The molecule has 6 heteroatoms. The van der Waals surface area contributed by atoms with E-state index >= 15 is 0 Å². The average molecular weight is 232 g/mol. The first-order valence-electron chi connectivity index (χ1n) is 4.66. The van der Waals surface area contributed by atoms with Crippen LogP contribution in [0.3, 0.4) is 0 Å². The fourth-order valence-electron chi connectivity index (χ4n) is 1.11. The Morgan fingerprint density at radius 1 is 1.38 bits per heavy atom. The molecule has 1 heterocycles. The molecule has 1 N–H and O–H groups in total. The Kier molecular flexibility index (Phi) is 4.42. The van der Waals surface area contributed by atoms with E-state index in [-0.39, 0.29) is 18.7 Å². The summed E-state index contributed by atoms with van der Waals surface area (Å²) in [5.74, 6) is -0.317. The second-order valence-corrected chi connectivity index (χ2v) is 3.26. The third-order valence-corrected chi connectivity index (χ3v) is 1.75. The van der Waals surface area contributed by atoms with Crippen molar-refractivity contribution in [2.24, 2.45) is 0 Å². The van der Waals surface area contributed by atoms with Gasteiger partial charge < -0.3 is 5.32 Å². The number of ketones is 1. The number of aromatic nitrogens is 1. The van der Waals surface area contributed by atoms with Crippen LogP contribution in [-0.4, -0.2) is 30.0 Å². The summed E-state index contributed by atoms with van der Waals surface area (Å²) in [5, 5.41) is 2.04. The molecular weight excluding hydrogens is 221 g/mol. The van der Waals surface area contributed by atoms with Crippen molar-refractivity contribution in [3.63, 3.8) is 0 Å². The number of hydrogen-bond donors (Lipinski definition) is 1. The second kappa shape index (κ2) is 5.60. The van der Waals surface area contributed by atoms with Crippen LogP contribution in [0.15, 0.2) is 24.4 Å². The number of hydrogen-bond acceptors (Lipinski definition) is 3. The van der Waals surface area contributed by atoms with Crippen LogP contribution in [0.4, 0.5) is 13.2 Å². The minimum atomic E-state index is -4.29. The van der Waals surface area contributed by atoms with E-state index in [1.807, 2.05) is 5.32 Å². The Morgan fingerprint density at radius 2 is 2.12 bits per heavy atom. The average Bonchev–Trinajstić information content (AvgIpc) is 2.17. The maximum absolute atomic E-state index is 11.7. The maximum atomic E-state index is 11.7. The van der Waals surface area contributed by atoms with Gasteiger partial charge in [0, 0.05) is 11.9 Å². The summed E-state index contributed by atoms with van der Waals surface area (Å²) in [6.45, 7) is -1.45. The van der Waals surface area contributed by atoms with E-state index < -0.39 is 12.7 Å². The van der Waals surface area contributed by atoms with Crippen LogP contribution in [0.1, 0.15) is 5.69 Å². The van der Waals surface area contributed by atoms with E-state index in [4.69, 9.17) is 0 Å². The van der Waals surface area contributed by atoms with Gasteiger partial charge in [-0.1, -0.05) is 6.07 Å². The van der Waals surface area contributed by atoms with Crippen molar-refractivity contribution in [3.05, 3.63) is 30.1 Å². The molecule has 0 saturated carbocycles. The summed E-state index contributed by atoms with van der Waals surface area (Å²) in [6.07, 6.45) is -2.71. The Labute approximate surface area is 90.7 Å². The van der Waals surface area contributed by atoms with E-state index in [0.717, 1.165) is 0 Å².